The molecule has 0 saturated heterocycles. The molecule has 0 aliphatic carbocycles. The van der Waals surface area contributed by atoms with Gasteiger partial charge in [0.25, 0.3) is 5.22 Å². The zero-order chi connectivity index (χ0) is 19.5. The summed E-state index contributed by atoms with van der Waals surface area (Å²) in [7, 11) is 0. The van der Waals surface area contributed by atoms with Crippen LogP contribution in [0.2, 0.25) is 0 Å². The summed E-state index contributed by atoms with van der Waals surface area (Å²) >= 11 is 1.26. The van der Waals surface area contributed by atoms with Crippen molar-refractivity contribution in [2.75, 3.05) is 11.1 Å². The molecule has 2 aromatic carbocycles. The van der Waals surface area contributed by atoms with Gasteiger partial charge in [-0.05, 0) is 36.4 Å². The molecule has 1 N–H and O–H groups in total. The Labute approximate surface area is 166 Å². The van der Waals surface area contributed by atoms with E-state index in [-0.39, 0.29) is 11.7 Å². The molecule has 0 fully saturated rings. The SMILES string of the molecule is CC(C)c1cnc(-c2ccc(NC(=O)CSc3nc4ccccc4o3)cc2)o1. The Morgan fingerprint density at radius 3 is 2.61 bits per heavy atom. The fourth-order valence-electron chi connectivity index (χ4n) is 2.62. The summed E-state index contributed by atoms with van der Waals surface area (Å²) in [5.41, 5.74) is 3.08. The summed E-state index contributed by atoms with van der Waals surface area (Å²) in [5.74, 6) is 1.81. The van der Waals surface area contributed by atoms with E-state index in [0.717, 1.165) is 16.8 Å². The van der Waals surface area contributed by atoms with E-state index in [1.807, 2.05) is 48.5 Å². The first-order valence-corrected chi connectivity index (χ1v) is 9.91. The lowest BCUT2D eigenvalue weighted by molar-refractivity contribution is -0.113. The van der Waals surface area contributed by atoms with Gasteiger partial charge in [-0.3, -0.25) is 4.79 Å². The number of anilines is 1. The van der Waals surface area contributed by atoms with Crippen LogP contribution in [-0.2, 0) is 4.79 Å². The number of carbonyl (C=O) groups excluding carboxylic acids is 1. The molecule has 2 aromatic heterocycles. The molecule has 28 heavy (non-hydrogen) atoms. The average Bonchev–Trinajstić information content (AvgIpc) is 3.34. The first kappa shape index (κ1) is 18.3. The van der Waals surface area contributed by atoms with Gasteiger partial charge in [0.2, 0.25) is 11.8 Å². The van der Waals surface area contributed by atoms with E-state index >= 15 is 0 Å². The van der Waals surface area contributed by atoms with E-state index in [1.54, 1.807) is 6.20 Å². The van der Waals surface area contributed by atoms with Gasteiger partial charge in [-0.15, -0.1) is 0 Å². The maximum absolute atomic E-state index is 12.2. The minimum atomic E-state index is -0.127. The third kappa shape index (κ3) is 4.09. The highest BCUT2D eigenvalue weighted by atomic mass is 32.2. The van der Waals surface area contributed by atoms with E-state index in [4.69, 9.17) is 8.83 Å². The van der Waals surface area contributed by atoms with Crippen LogP contribution >= 0.6 is 11.8 Å². The number of para-hydroxylation sites is 2. The standard InChI is InChI=1S/C21H19N3O3S/c1-13(2)18-11-22-20(26-18)14-7-9-15(10-8-14)23-19(25)12-28-21-24-16-5-3-4-6-17(16)27-21/h3-11,13H,12H2,1-2H3,(H,23,25). The summed E-state index contributed by atoms with van der Waals surface area (Å²) in [5, 5.41) is 3.35. The molecule has 0 unspecified atom stereocenters. The van der Waals surface area contributed by atoms with Gasteiger partial charge in [0.15, 0.2) is 5.58 Å². The van der Waals surface area contributed by atoms with Gasteiger partial charge in [-0.25, -0.2) is 9.97 Å². The summed E-state index contributed by atoms with van der Waals surface area (Å²) in [6, 6.07) is 14.9. The van der Waals surface area contributed by atoms with Crippen molar-refractivity contribution in [2.24, 2.45) is 0 Å². The summed E-state index contributed by atoms with van der Waals surface area (Å²) < 4.78 is 11.4. The summed E-state index contributed by atoms with van der Waals surface area (Å²) in [6.07, 6.45) is 1.75. The van der Waals surface area contributed by atoms with Gasteiger partial charge in [-0.2, -0.15) is 0 Å². The highest BCUT2D eigenvalue weighted by Crippen LogP contribution is 2.25. The van der Waals surface area contributed by atoms with Crippen molar-refractivity contribution in [3.05, 3.63) is 60.5 Å². The van der Waals surface area contributed by atoms with E-state index in [2.05, 4.69) is 29.1 Å². The third-order valence-electron chi connectivity index (χ3n) is 4.11. The number of nitrogens with zero attached hydrogens (tertiary/aromatic N) is 2. The maximum Gasteiger partial charge on any atom is 0.257 e. The second kappa shape index (κ2) is 7.90. The van der Waals surface area contributed by atoms with Gasteiger partial charge in [0.05, 0.1) is 11.9 Å². The van der Waals surface area contributed by atoms with Crippen LogP contribution in [0.4, 0.5) is 5.69 Å². The second-order valence-electron chi connectivity index (χ2n) is 6.58. The van der Waals surface area contributed by atoms with Crippen LogP contribution in [0.25, 0.3) is 22.6 Å². The molecule has 6 nitrogen and oxygen atoms in total. The lowest BCUT2D eigenvalue weighted by atomic mass is 10.2. The van der Waals surface area contributed by atoms with Crippen molar-refractivity contribution >= 4 is 34.5 Å². The third-order valence-corrected chi connectivity index (χ3v) is 4.94. The number of carbonyl (C=O) groups is 1. The fourth-order valence-corrected chi connectivity index (χ4v) is 3.26. The molecule has 0 spiro atoms. The Morgan fingerprint density at radius 2 is 1.89 bits per heavy atom. The smallest absolute Gasteiger partial charge is 0.257 e. The van der Waals surface area contributed by atoms with Gasteiger partial charge < -0.3 is 14.2 Å². The predicted octanol–water partition coefficient (Wildman–Crippen LogP) is 5.34. The average molecular weight is 393 g/mol. The molecule has 0 atom stereocenters. The number of benzene rings is 2. The highest BCUT2D eigenvalue weighted by molar-refractivity contribution is 7.99. The van der Waals surface area contributed by atoms with Crippen molar-refractivity contribution in [3.63, 3.8) is 0 Å². The number of nitrogens with one attached hydrogen (secondary N) is 1. The molecule has 4 aromatic rings. The van der Waals surface area contributed by atoms with Crippen molar-refractivity contribution < 1.29 is 13.6 Å². The fraction of sp³-hybridized carbons (Fsp3) is 0.190. The Hall–Kier alpha value is -3.06. The van der Waals surface area contributed by atoms with Crippen molar-refractivity contribution in [1.29, 1.82) is 0 Å². The molecule has 0 radical (unpaired) electrons. The van der Waals surface area contributed by atoms with Crippen molar-refractivity contribution in [3.8, 4) is 11.5 Å². The lowest BCUT2D eigenvalue weighted by Gasteiger charge is -2.05. The first-order chi connectivity index (χ1) is 13.6. The van der Waals surface area contributed by atoms with Crippen LogP contribution in [0.1, 0.15) is 25.5 Å². The normalized spacial score (nSPS) is 11.2. The zero-order valence-corrected chi connectivity index (χ0v) is 16.3. The molecule has 142 valence electrons. The van der Waals surface area contributed by atoms with Gasteiger partial charge >= 0.3 is 0 Å². The van der Waals surface area contributed by atoms with E-state index in [9.17, 15) is 4.79 Å². The second-order valence-corrected chi connectivity index (χ2v) is 7.51. The van der Waals surface area contributed by atoms with Gasteiger partial charge in [0.1, 0.15) is 11.3 Å². The minimum Gasteiger partial charge on any atom is -0.441 e. The Morgan fingerprint density at radius 1 is 1.11 bits per heavy atom. The van der Waals surface area contributed by atoms with Crippen LogP contribution in [0.15, 0.2) is 68.8 Å². The largest absolute Gasteiger partial charge is 0.441 e. The zero-order valence-electron chi connectivity index (χ0n) is 15.5. The van der Waals surface area contributed by atoms with Crippen molar-refractivity contribution in [1.82, 2.24) is 9.97 Å². The van der Waals surface area contributed by atoms with Crippen LogP contribution < -0.4 is 5.32 Å². The number of fused-ring (bicyclic) bond motifs is 1. The molecular formula is C21H19N3O3S. The molecule has 1 amide bonds. The molecule has 0 saturated carbocycles. The number of rotatable bonds is 6. The summed E-state index contributed by atoms with van der Waals surface area (Å²) in [4.78, 5) is 20.9. The van der Waals surface area contributed by atoms with Crippen LogP contribution in [0.5, 0.6) is 0 Å². The molecule has 0 bridgehead atoms. The molecule has 2 heterocycles. The molecule has 7 heteroatoms. The quantitative estimate of drug-likeness (QED) is 0.446. The molecule has 0 aliphatic rings. The number of aromatic nitrogens is 2. The Kier molecular flexibility index (Phi) is 5.16. The first-order valence-electron chi connectivity index (χ1n) is 8.93. The minimum absolute atomic E-state index is 0.127. The number of oxazole rings is 2. The van der Waals surface area contributed by atoms with Gasteiger partial charge in [0, 0.05) is 17.2 Å². The van der Waals surface area contributed by atoms with E-state index < -0.39 is 0 Å². The Balaban J connectivity index is 1.35. The maximum atomic E-state index is 12.2. The Bertz CT molecular complexity index is 1070. The summed E-state index contributed by atoms with van der Waals surface area (Å²) in [6.45, 7) is 4.11. The van der Waals surface area contributed by atoms with Crippen LogP contribution in [0, 0.1) is 0 Å². The predicted molar refractivity (Wildman–Crippen MR) is 109 cm³/mol. The molecule has 4 rings (SSSR count). The lowest BCUT2D eigenvalue weighted by Crippen LogP contribution is -2.13. The van der Waals surface area contributed by atoms with Gasteiger partial charge in [-0.1, -0.05) is 37.7 Å². The number of hydrogen-bond donors (Lipinski definition) is 1. The van der Waals surface area contributed by atoms with E-state index in [1.165, 1.54) is 11.8 Å². The van der Waals surface area contributed by atoms with Crippen LogP contribution in [0.3, 0.4) is 0 Å². The number of thioether (sulfide) groups is 1. The van der Waals surface area contributed by atoms with Crippen LogP contribution in [-0.4, -0.2) is 21.6 Å². The number of amides is 1. The topological polar surface area (TPSA) is 81.2 Å². The monoisotopic (exact) mass is 393 g/mol. The number of hydrogen-bond acceptors (Lipinski definition) is 6. The van der Waals surface area contributed by atoms with E-state index in [0.29, 0.717) is 28.3 Å². The molecule has 0 aliphatic heterocycles. The van der Waals surface area contributed by atoms with Crippen molar-refractivity contribution in [2.45, 2.75) is 25.0 Å². The highest BCUT2D eigenvalue weighted by Gasteiger charge is 2.11. The molecular weight excluding hydrogens is 374 g/mol.